The van der Waals surface area contributed by atoms with Crippen molar-refractivity contribution in [2.45, 2.75) is 31.7 Å². The van der Waals surface area contributed by atoms with Gasteiger partial charge >= 0.3 is 0 Å². The number of sulfonamides is 1. The zero-order valence-electron chi connectivity index (χ0n) is 16.0. The van der Waals surface area contributed by atoms with Gasteiger partial charge in [-0.25, -0.2) is 13.1 Å². The molecular formula is C17H28N4O5S. The van der Waals surface area contributed by atoms with Gasteiger partial charge < -0.3 is 10.1 Å². The summed E-state index contributed by atoms with van der Waals surface area (Å²) in [6.45, 7) is 9.54. The highest BCUT2D eigenvalue weighted by molar-refractivity contribution is 7.89. The molecule has 10 heteroatoms. The molecule has 2 rings (SSSR count). The number of benzene rings is 1. The molecule has 1 unspecified atom stereocenters. The minimum atomic E-state index is -3.82. The Morgan fingerprint density at radius 3 is 2.52 bits per heavy atom. The number of nitrogens with one attached hydrogen (secondary N) is 2. The average molecular weight is 401 g/mol. The van der Waals surface area contributed by atoms with Crippen molar-refractivity contribution < 1.29 is 18.1 Å². The van der Waals surface area contributed by atoms with Crippen molar-refractivity contribution in [1.29, 1.82) is 0 Å². The first-order valence-electron chi connectivity index (χ1n) is 9.05. The molecule has 1 atom stereocenters. The molecule has 1 heterocycles. The van der Waals surface area contributed by atoms with Gasteiger partial charge in [-0.1, -0.05) is 13.8 Å². The number of hydrogen-bond donors (Lipinski definition) is 2. The number of rotatable bonds is 9. The maximum atomic E-state index is 12.5. The fourth-order valence-electron chi connectivity index (χ4n) is 2.61. The summed E-state index contributed by atoms with van der Waals surface area (Å²) >= 11 is 0. The van der Waals surface area contributed by atoms with Crippen LogP contribution in [0, 0.1) is 16.0 Å². The molecule has 1 aliphatic heterocycles. The Hall–Kier alpha value is -1.75. The molecule has 1 saturated heterocycles. The molecule has 9 nitrogen and oxygen atoms in total. The van der Waals surface area contributed by atoms with Gasteiger partial charge in [0.25, 0.3) is 5.69 Å². The molecule has 0 spiro atoms. The quantitative estimate of drug-likeness (QED) is 0.479. The van der Waals surface area contributed by atoms with Gasteiger partial charge in [-0.3, -0.25) is 15.0 Å². The second-order valence-corrected chi connectivity index (χ2v) is 8.73. The molecule has 0 aromatic heterocycles. The van der Waals surface area contributed by atoms with E-state index in [1.165, 1.54) is 12.1 Å². The lowest BCUT2D eigenvalue weighted by Gasteiger charge is -2.26. The van der Waals surface area contributed by atoms with Gasteiger partial charge in [-0.05, 0) is 25.0 Å². The second-order valence-electron chi connectivity index (χ2n) is 6.96. The standard InChI is InChI=1S/C17H28N4O5S/c1-13(2)14(3)19-16-5-4-15(12-17(16)21(22)23)27(24,25)18-6-7-20-8-10-26-11-9-20/h4-5,12-14,18-19H,6-11H2,1-3H3. The lowest BCUT2D eigenvalue weighted by atomic mass is 10.1. The Bertz CT molecular complexity index is 748. The maximum Gasteiger partial charge on any atom is 0.293 e. The third-order valence-electron chi connectivity index (χ3n) is 4.68. The minimum Gasteiger partial charge on any atom is -0.379 e. The Kier molecular flexibility index (Phi) is 7.54. The van der Waals surface area contributed by atoms with Crippen LogP contribution in [0.15, 0.2) is 23.1 Å². The fourth-order valence-corrected chi connectivity index (χ4v) is 3.65. The van der Waals surface area contributed by atoms with Crippen LogP contribution in [0.4, 0.5) is 11.4 Å². The van der Waals surface area contributed by atoms with E-state index in [0.29, 0.717) is 25.4 Å². The minimum absolute atomic E-state index is 0.0119. The first-order chi connectivity index (χ1) is 12.7. The molecule has 1 aromatic carbocycles. The van der Waals surface area contributed by atoms with Gasteiger partial charge in [-0.15, -0.1) is 0 Å². The average Bonchev–Trinajstić information content (AvgIpc) is 2.62. The van der Waals surface area contributed by atoms with E-state index in [1.54, 1.807) is 0 Å². The molecule has 2 N–H and O–H groups in total. The van der Waals surface area contributed by atoms with Crippen molar-refractivity contribution in [3.8, 4) is 0 Å². The lowest BCUT2D eigenvalue weighted by Crippen LogP contribution is -2.41. The first-order valence-corrected chi connectivity index (χ1v) is 10.5. The summed E-state index contributed by atoms with van der Waals surface area (Å²) in [5.41, 5.74) is 0.0621. The monoisotopic (exact) mass is 400 g/mol. The van der Waals surface area contributed by atoms with Crippen LogP contribution in [0.2, 0.25) is 0 Å². The van der Waals surface area contributed by atoms with Crippen molar-refractivity contribution in [3.05, 3.63) is 28.3 Å². The van der Waals surface area contributed by atoms with Gasteiger partial charge in [-0.2, -0.15) is 0 Å². The third kappa shape index (κ3) is 6.13. The normalized spacial score (nSPS) is 17.0. The van der Waals surface area contributed by atoms with E-state index >= 15 is 0 Å². The maximum absolute atomic E-state index is 12.5. The van der Waals surface area contributed by atoms with Crippen molar-refractivity contribution in [2.75, 3.05) is 44.7 Å². The highest BCUT2D eigenvalue weighted by Crippen LogP contribution is 2.28. The van der Waals surface area contributed by atoms with Gasteiger partial charge in [0.1, 0.15) is 5.69 Å². The number of morpholine rings is 1. The van der Waals surface area contributed by atoms with Crippen LogP contribution in [-0.2, 0) is 14.8 Å². The highest BCUT2D eigenvalue weighted by atomic mass is 32.2. The van der Waals surface area contributed by atoms with Gasteiger partial charge in [0, 0.05) is 38.3 Å². The molecule has 152 valence electrons. The molecule has 0 aliphatic carbocycles. The van der Waals surface area contributed by atoms with Gasteiger partial charge in [0.15, 0.2) is 0 Å². The number of nitrogens with zero attached hydrogens (tertiary/aromatic N) is 2. The Morgan fingerprint density at radius 2 is 1.93 bits per heavy atom. The van der Waals surface area contributed by atoms with Gasteiger partial charge in [0.05, 0.1) is 23.0 Å². The summed E-state index contributed by atoms with van der Waals surface area (Å²) in [5, 5.41) is 14.5. The summed E-state index contributed by atoms with van der Waals surface area (Å²) < 4.78 is 32.8. The summed E-state index contributed by atoms with van der Waals surface area (Å²) in [5.74, 6) is 0.273. The van der Waals surface area contributed by atoms with Crippen molar-refractivity contribution in [1.82, 2.24) is 9.62 Å². The van der Waals surface area contributed by atoms with Crippen LogP contribution >= 0.6 is 0 Å². The van der Waals surface area contributed by atoms with Crippen molar-refractivity contribution in [2.24, 2.45) is 5.92 Å². The van der Waals surface area contributed by atoms with Crippen molar-refractivity contribution >= 4 is 21.4 Å². The summed E-state index contributed by atoms with van der Waals surface area (Å²) in [6.07, 6.45) is 0. The summed E-state index contributed by atoms with van der Waals surface area (Å²) in [7, 11) is -3.82. The number of nitro benzene ring substituents is 1. The molecule has 27 heavy (non-hydrogen) atoms. The summed E-state index contributed by atoms with van der Waals surface area (Å²) in [6, 6.07) is 3.96. The SMILES string of the molecule is CC(C)C(C)Nc1ccc(S(=O)(=O)NCCN2CCOCC2)cc1[N+](=O)[O-]. The smallest absolute Gasteiger partial charge is 0.293 e. The molecule has 1 fully saturated rings. The van der Waals surface area contributed by atoms with Crippen LogP contribution in [0.3, 0.4) is 0 Å². The topological polar surface area (TPSA) is 114 Å². The largest absolute Gasteiger partial charge is 0.379 e. The van der Waals surface area contributed by atoms with E-state index < -0.39 is 14.9 Å². The molecular weight excluding hydrogens is 372 g/mol. The highest BCUT2D eigenvalue weighted by Gasteiger charge is 2.23. The van der Waals surface area contributed by atoms with Crippen LogP contribution in [-0.4, -0.2) is 63.7 Å². The van der Waals surface area contributed by atoms with E-state index in [4.69, 9.17) is 4.74 Å². The van der Waals surface area contributed by atoms with Crippen molar-refractivity contribution in [3.63, 3.8) is 0 Å². The molecule has 1 aromatic rings. The molecule has 0 radical (unpaired) electrons. The van der Waals surface area contributed by atoms with Crippen LogP contribution in [0.5, 0.6) is 0 Å². The predicted octanol–water partition coefficient (Wildman–Crippen LogP) is 1.66. The van der Waals surface area contributed by atoms with E-state index in [-0.39, 0.29) is 29.1 Å². The Balaban J connectivity index is 2.09. The zero-order chi connectivity index (χ0) is 20.0. The molecule has 0 bridgehead atoms. The van der Waals surface area contributed by atoms with Gasteiger partial charge in [0.2, 0.25) is 10.0 Å². The predicted molar refractivity (Wildman–Crippen MR) is 103 cm³/mol. The first kappa shape index (κ1) is 21.5. The fraction of sp³-hybridized carbons (Fsp3) is 0.647. The molecule has 0 amide bonds. The van der Waals surface area contributed by atoms with E-state index in [9.17, 15) is 18.5 Å². The Labute approximate surface area is 160 Å². The van der Waals surface area contributed by atoms with Crippen LogP contribution < -0.4 is 10.0 Å². The third-order valence-corrected chi connectivity index (χ3v) is 6.14. The number of ether oxygens (including phenoxy) is 1. The Morgan fingerprint density at radius 1 is 1.26 bits per heavy atom. The number of anilines is 1. The molecule has 0 saturated carbocycles. The zero-order valence-corrected chi connectivity index (χ0v) is 16.8. The van der Waals surface area contributed by atoms with E-state index in [0.717, 1.165) is 19.2 Å². The number of hydrogen-bond acceptors (Lipinski definition) is 7. The number of nitro groups is 1. The second kappa shape index (κ2) is 9.45. The molecule has 1 aliphatic rings. The van der Waals surface area contributed by atoms with Crippen LogP contribution in [0.1, 0.15) is 20.8 Å². The van der Waals surface area contributed by atoms with Crippen LogP contribution in [0.25, 0.3) is 0 Å². The summed E-state index contributed by atoms with van der Waals surface area (Å²) in [4.78, 5) is 12.8. The lowest BCUT2D eigenvalue weighted by molar-refractivity contribution is -0.384. The van der Waals surface area contributed by atoms with E-state index in [2.05, 4.69) is 14.9 Å². The van der Waals surface area contributed by atoms with E-state index in [1.807, 2.05) is 20.8 Å².